The minimum Gasteiger partial charge on any atom is -0.350 e. The molecule has 0 bridgehead atoms. The molecule has 1 N–H and O–H groups in total. The van der Waals surface area contributed by atoms with Gasteiger partial charge in [0.1, 0.15) is 5.82 Å². The lowest BCUT2D eigenvalue weighted by Gasteiger charge is -2.32. The Bertz CT molecular complexity index is 698. The predicted octanol–water partition coefficient (Wildman–Crippen LogP) is 1.62. The van der Waals surface area contributed by atoms with Crippen LogP contribution in [0.15, 0.2) is 36.7 Å². The third kappa shape index (κ3) is 3.86. The fraction of sp³-hybridized carbons (Fsp3) is 0.353. The van der Waals surface area contributed by atoms with Crippen LogP contribution >= 0.6 is 0 Å². The van der Waals surface area contributed by atoms with Crippen molar-refractivity contribution in [3.8, 4) is 0 Å². The van der Waals surface area contributed by atoms with Gasteiger partial charge < -0.3 is 15.1 Å². The molecular formula is C17H20FN5O. The second-order valence-corrected chi connectivity index (χ2v) is 5.84. The molecule has 7 heteroatoms. The molecule has 2 heterocycles. The molecule has 3 rings (SSSR count). The first-order valence-electron chi connectivity index (χ1n) is 7.90. The Morgan fingerprint density at radius 1 is 1.17 bits per heavy atom. The molecule has 1 fully saturated rings. The van der Waals surface area contributed by atoms with Crippen molar-refractivity contribution in [1.29, 1.82) is 0 Å². The van der Waals surface area contributed by atoms with E-state index in [-0.39, 0.29) is 11.7 Å². The number of piperazine rings is 1. The summed E-state index contributed by atoms with van der Waals surface area (Å²) in [5.41, 5.74) is 1.01. The topological polar surface area (TPSA) is 61.4 Å². The maximum absolute atomic E-state index is 13.6. The van der Waals surface area contributed by atoms with Crippen molar-refractivity contribution >= 4 is 11.9 Å². The van der Waals surface area contributed by atoms with Crippen molar-refractivity contribution in [3.05, 3.63) is 53.6 Å². The molecule has 0 atom stereocenters. The summed E-state index contributed by atoms with van der Waals surface area (Å²) in [7, 11) is 2.04. The molecule has 1 aliphatic rings. The van der Waals surface area contributed by atoms with Gasteiger partial charge >= 0.3 is 0 Å². The Hall–Kier alpha value is -2.54. The van der Waals surface area contributed by atoms with Crippen LogP contribution < -0.4 is 5.32 Å². The molecule has 0 unspecified atom stereocenters. The fourth-order valence-electron chi connectivity index (χ4n) is 2.54. The second-order valence-electron chi connectivity index (χ2n) is 5.84. The number of halogens is 1. The molecule has 0 radical (unpaired) electrons. The first-order chi connectivity index (χ1) is 11.6. The van der Waals surface area contributed by atoms with Crippen LogP contribution in [-0.4, -0.2) is 58.9 Å². The van der Waals surface area contributed by atoms with E-state index >= 15 is 0 Å². The highest BCUT2D eigenvalue weighted by Crippen LogP contribution is 2.10. The SMILES string of the molecule is CN1CCN(C(=O)c2cnc(NCc3ccccc3F)nc2)CC1. The molecule has 1 aromatic heterocycles. The first-order valence-corrected chi connectivity index (χ1v) is 7.90. The Balaban J connectivity index is 1.59. The second kappa shape index (κ2) is 7.35. The smallest absolute Gasteiger partial charge is 0.257 e. The average molecular weight is 329 g/mol. The summed E-state index contributed by atoms with van der Waals surface area (Å²) in [5, 5.41) is 2.96. The van der Waals surface area contributed by atoms with Gasteiger partial charge in [-0.05, 0) is 13.1 Å². The molecule has 0 aliphatic carbocycles. The molecule has 1 saturated heterocycles. The summed E-state index contributed by atoms with van der Waals surface area (Å²) in [4.78, 5) is 24.7. The number of carbonyl (C=O) groups excluding carboxylic acids is 1. The summed E-state index contributed by atoms with van der Waals surface area (Å²) < 4.78 is 13.6. The summed E-state index contributed by atoms with van der Waals surface area (Å²) in [6.07, 6.45) is 3.02. The minimum absolute atomic E-state index is 0.0521. The maximum Gasteiger partial charge on any atom is 0.257 e. The van der Waals surface area contributed by atoms with E-state index < -0.39 is 0 Å². The number of carbonyl (C=O) groups is 1. The van der Waals surface area contributed by atoms with E-state index in [4.69, 9.17) is 0 Å². The van der Waals surface area contributed by atoms with Gasteiger partial charge in [0.25, 0.3) is 5.91 Å². The van der Waals surface area contributed by atoms with Crippen molar-refractivity contribution in [3.63, 3.8) is 0 Å². The lowest BCUT2D eigenvalue weighted by atomic mass is 10.2. The molecule has 0 saturated carbocycles. The lowest BCUT2D eigenvalue weighted by molar-refractivity contribution is 0.0663. The highest BCUT2D eigenvalue weighted by molar-refractivity contribution is 5.93. The lowest BCUT2D eigenvalue weighted by Crippen LogP contribution is -2.47. The normalized spacial score (nSPS) is 15.3. The van der Waals surface area contributed by atoms with E-state index in [0.717, 1.165) is 13.1 Å². The molecule has 1 aromatic carbocycles. The maximum atomic E-state index is 13.6. The quantitative estimate of drug-likeness (QED) is 0.923. The van der Waals surface area contributed by atoms with Gasteiger partial charge in [-0.2, -0.15) is 0 Å². The van der Waals surface area contributed by atoms with E-state index in [0.29, 0.717) is 36.7 Å². The molecule has 0 spiro atoms. The molecule has 1 amide bonds. The average Bonchev–Trinajstić information content (AvgIpc) is 2.62. The standard InChI is InChI=1S/C17H20FN5O/c1-22-6-8-23(9-7-22)16(24)14-11-20-17(21-12-14)19-10-13-4-2-3-5-15(13)18/h2-5,11-12H,6-10H2,1H3,(H,19,20,21). The van der Waals surface area contributed by atoms with Crippen LogP contribution in [0.2, 0.25) is 0 Å². The van der Waals surface area contributed by atoms with Crippen molar-refractivity contribution in [2.75, 3.05) is 38.5 Å². The van der Waals surface area contributed by atoms with E-state index in [1.165, 1.54) is 18.5 Å². The third-order valence-corrected chi connectivity index (χ3v) is 4.08. The summed E-state index contributed by atoms with van der Waals surface area (Å²) in [6.45, 7) is 3.45. The van der Waals surface area contributed by atoms with Crippen LogP contribution in [0.5, 0.6) is 0 Å². The molecule has 2 aromatic rings. The van der Waals surface area contributed by atoms with Crippen molar-refractivity contribution in [1.82, 2.24) is 19.8 Å². The molecule has 126 valence electrons. The van der Waals surface area contributed by atoms with Crippen molar-refractivity contribution in [2.45, 2.75) is 6.54 Å². The Morgan fingerprint density at radius 2 is 1.83 bits per heavy atom. The van der Waals surface area contributed by atoms with E-state index in [1.54, 1.807) is 18.2 Å². The molecular weight excluding hydrogens is 309 g/mol. The van der Waals surface area contributed by atoms with Crippen LogP contribution in [0.3, 0.4) is 0 Å². The number of rotatable bonds is 4. The number of anilines is 1. The molecule has 6 nitrogen and oxygen atoms in total. The largest absolute Gasteiger partial charge is 0.350 e. The van der Waals surface area contributed by atoms with Gasteiger partial charge in [-0.3, -0.25) is 4.79 Å². The number of nitrogens with zero attached hydrogens (tertiary/aromatic N) is 4. The van der Waals surface area contributed by atoms with Crippen LogP contribution in [-0.2, 0) is 6.54 Å². The van der Waals surface area contributed by atoms with Gasteiger partial charge in [-0.1, -0.05) is 18.2 Å². The number of hydrogen-bond acceptors (Lipinski definition) is 5. The van der Waals surface area contributed by atoms with E-state index in [2.05, 4.69) is 20.2 Å². The highest BCUT2D eigenvalue weighted by Gasteiger charge is 2.20. The third-order valence-electron chi connectivity index (χ3n) is 4.08. The van der Waals surface area contributed by atoms with Gasteiger partial charge in [0.2, 0.25) is 5.95 Å². The van der Waals surface area contributed by atoms with Gasteiger partial charge in [-0.25, -0.2) is 14.4 Å². The van der Waals surface area contributed by atoms with Gasteiger partial charge in [0.05, 0.1) is 5.56 Å². The summed E-state index contributed by atoms with van der Waals surface area (Å²) >= 11 is 0. The highest BCUT2D eigenvalue weighted by atomic mass is 19.1. The zero-order valence-corrected chi connectivity index (χ0v) is 13.6. The Kier molecular flexibility index (Phi) is 5.00. The number of likely N-dealkylation sites (N-methyl/N-ethyl adjacent to an activating group) is 1. The summed E-state index contributed by atoms with van der Waals surface area (Å²) in [5.74, 6) is 0.0452. The zero-order chi connectivity index (χ0) is 16.9. The molecule has 24 heavy (non-hydrogen) atoms. The Labute approximate surface area is 140 Å². The van der Waals surface area contributed by atoms with E-state index in [9.17, 15) is 9.18 Å². The van der Waals surface area contributed by atoms with Crippen LogP contribution in [0.1, 0.15) is 15.9 Å². The van der Waals surface area contributed by atoms with Crippen LogP contribution in [0.25, 0.3) is 0 Å². The van der Waals surface area contributed by atoms with E-state index in [1.807, 2.05) is 11.9 Å². The number of aromatic nitrogens is 2. The van der Waals surface area contributed by atoms with Gasteiger partial charge in [0.15, 0.2) is 0 Å². The molecule has 1 aliphatic heterocycles. The van der Waals surface area contributed by atoms with Gasteiger partial charge in [0, 0.05) is 50.7 Å². The monoisotopic (exact) mass is 329 g/mol. The van der Waals surface area contributed by atoms with Gasteiger partial charge in [-0.15, -0.1) is 0 Å². The number of benzene rings is 1. The van der Waals surface area contributed by atoms with Crippen LogP contribution in [0, 0.1) is 5.82 Å². The fourth-order valence-corrected chi connectivity index (χ4v) is 2.54. The van der Waals surface area contributed by atoms with Crippen molar-refractivity contribution < 1.29 is 9.18 Å². The number of nitrogens with one attached hydrogen (secondary N) is 1. The zero-order valence-electron chi connectivity index (χ0n) is 13.6. The number of hydrogen-bond donors (Lipinski definition) is 1. The predicted molar refractivity (Wildman–Crippen MR) is 89.2 cm³/mol. The first kappa shape index (κ1) is 16.3. The Morgan fingerprint density at radius 3 is 2.50 bits per heavy atom. The number of amides is 1. The minimum atomic E-state index is -0.271. The van der Waals surface area contributed by atoms with Crippen molar-refractivity contribution in [2.24, 2.45) is 0 Å². The van der Waals surface area contributed by atoms with Crippen LogP contribution in [0.4, 0.5) is 10.3 Å². The summed E-state index contributed by atoms with van der Waals surface area (Å²) in [6, 6.07) is 6.54.